The highest BCUT2D eigenvalue weighted by atomic mass is 16.5. The van der Waals surface area contributed by atoms with Crippen LogP contribution in [0.15, 0.2) is 42.7 Å². The van der Waals surface area contributed by atoms with Crippen molar-refractivity contribution >= 4 is 11.6 Å². The third kappa shape index (κ3) is 1.27. The molecule has 1 saturated heterocycles. The Hall–Kier alpha value is -1.77. The van der Waals surface area contributed by atoms with E-state index in [-0.39, 0.29) is 17.9 Å². The largest absolute Gasteiger partial charge is 0.465 e. The number of amides is 1. The quantitative estimate of drug-likeness (QED) is 0.631. The predicted molar refractivity (Wildman–Crippen MR) is 53.6 cm³/mol. The lowest BCUT2D eigenvalue weighted by molar-refractivity contribution is -0.114. The van der Waals surface area contributed by atoms with Crippen molar-refractivity contribution in [3.05, 3.63) is 42.7 Å². The molecule has 1 aromatic carbocycles. The van der Waals surface area contributed by atoms with E-state index >= 15 is 0 Å². The van der Waals surface area contributed by atoms with E-state index in [0.717, 1.165) is 5.69 Å². The van der Waals surface area contributed by atoms with Crippen molar-refractivity contribution in [3.8, 4) is 0 Å². The molecular weight excluding hydrogens is 178 g/mol. The molecule has 0 N–H and O–H groups in total. The standard InChI is InChI=1S/C11H11NO2/c1-8-11(13)12(9(2)14-8)10-6-4-3-5-7-10/h3-7,9H,1H2,2H3. The summed E-state index contributed by atoms with van der Waals surface area (Å²) in [7, 11) is 0. The molecule has 3 nitrogen and oxygen atoms in total. The molecule has 0 saturated carbocycles. The number of ether oxygens (including phenoxy) is 1. The summed E-state index contributed by atoms with van der Waals surface area (Å²) >= 11 is 0. The maximum Gasteiger partial charge on any atom is 0.295 e. The van der Waals surface area contributed by atoms with Crippen LogP contribution in [0.5, 0.6) is 0 Å². The summed E-state index contributed by atoms with van der Waals surface area (Å²) in [6.45, 7) is 5.37. The Balaban J connectivity index is 2.36. The molecule has 2 rings (SSSR count). The molecule has 1 aliphatic heterocycles. The highest BCUT2D eigenvalue weighted by molar-refractivity contribution is 6.05. The molecule has 1 aromatic rings. The molecule has 1 unspecified atom stereocenters. The van der Waals surface area contributed by atoms with E-state index in [9.17, 15) is 4.79 Å². The summed E-state index contributed by atoms with van der Waals surface area (Å²) in [6, 6.07) is 9.42. The zero-order valence-corrected chi connectivity index (χ0v) is 7.93. The van der Waals surface area contributed by atoms with Crippen LogP contribution in [-0.2, 0) is 9.53 Å². The average molecular weight is 189 g/mol. The molecule has 72 valence electrons. The molecule has 1 aliphatic rings. The molecule has 0 radical (unpaired) electrons. The van der Waals surface area contributed by atoms with Gasteiger partial charge in [-0.2, -0.15) is 0 Å². The average Bonchev–Trinajstić information content (AvgIpc) is 2.43. The second kappa shape index (κ2) is 3.18. The van der Waals surface area contributed by atoms with Crippen LogP contribution >= 0.6 is 0 Å². The molecule has 1 heterocycles. The lowest BCUT2D eigenvalue weighted by Crippen LogP contribution is -2.31. The Morgan fingerprint density at radius 2 is 2.00 bits per heavy atom. The SMILES string of the molecule is C=C1OC(C)N(c2ccccc2)C1=O. The summed E-state index contributed by atoms with van der Waals surface area (Å²) in [4.78, 5) is 13.2. The summed E-state index contributed by atoms with van der Waals surface area (Å²) in [5.41, 5.74) is 0.837. The number of anilines is 1. The van der Waals surface area contributed by atoms with Crippen LogP contribution in [0.2, 0.25) is 0 Å². The van der Waals surface area contributed by atoms with Crippen LogP contribution in [0.25, 0.3) is 0 Å². The van der Waals surface area contributed by atoms with Crippen molar-refractivity contribution in [3.63, 3.8) is 0 Å². The van der Waals surface area contributed by atoms with Crippen LogP contribution in [-0.4, -0.2) is 12.1 Å². The van der Waals surface area contributed by atoms with Gasteiger partial charge in [0, 0.05) is 5.69 Å². The predicted octanol–water partition coefficient (Wildman–Crippen LogP) is 1.91. The first kappa shape index (κ1) is 8.81. The Kier molecular flexibility index (Phi) is 2.00. The zero-order chi connectivity index (χ0) is 10.1. The summed E-state index contributed by atoms with van der Waals surface area (Å²) in [6.07, 6.45) is -0.266. The van der Waals surface area contributed by atoms with Gasteiger partial charge < -0.3 is 4.74 Å². The zero-order valence-electron chi connectivity index (χ0n) is 7.93. The third-order valence-electron chi connectivity index (χ3n) is 2.17. The highest BCUT2D eigenvalue weighted by Gasteiger charge is 2.33. The molecule has 0 spiro atoms. The van der Waals surface area contributed by atoms with E-state index in [0.29, 0.717) is 0 Å². The topological polar surface area (TPSA) is 29.5 Å². The van der Waals surface area contributed by atoms with Gasteiger partial charge in [-0.3, -0.25) is 9.69 Å². The molecule has 14 heavy (non-hydrogen) atoms. The van der Waals surface area contributed by atoms with E-state index in [1.54, 1.807) is 4.90 Å². The number of para-hydroxylation sites is 1. The first-order chi connectivity index (χ1) is 6.70. The van der Waals surface area contributed by atoms with Crippen molar-refractivity contribution in [1.29, 1.82) is 0 Å². The van der Waals surface area contributed by atoms with E-state index < -0.39 is 0 Å². The second-order valence-corrected chi connectivity index (χ2v) is 3.15. The highest BCUT2D eigenvalue weighted by Crippen LogP contribution is 2.26. The first-order valence-corrected chi connectivity index (χ1v) is 4.44. The van der Waals surface area contributed by atoms with Gasteiger partial charge in [0.2, 0.25) is 0 Å². The molecule has 0 aliphatic carbocycles. The monoisotopic (exact) mass is 189 g/mol. The molecule has 0 bridgehead atoms. The molecule has 3 heteroatoms. The number of nitrogens with zero attached hydrogens (tertiary/aromatic N) is 1. The third-order valence-corrected chi connectivity index (χ3v) is 2.17. The van der Waals surface area contributed by atoms with Gasteiger partial charge in [0.15, 0.2) is 12.0 Å². The van der Waals surface area contributed by atoms with Gasteiger partial charge in [0.1, 0.15) is 0 Å². The van der Waals surface area contributed by atoms with Gasteiger partial charge in [-0.25, -0.2) is 0 Å². The first-order valence-electron chi connectivity index (χ1n) is 4.44. The van der Waals surface area contributed by atoms with Crippen LogP contribution in [0, 0.1) is 0 Å². The lowest BCUT2D eigenvalue weighted by atomic mass is 10.3. The van der Waals surface area contributed by atoms with Gasteiger partial charge >= 0.3 is 0 Å². The number of rotatable bonds is 1. The van der Waals surface area contributed by atoms with Crippen LogP contribution in [0.1, 0.15) is 6.92 Å². The lowest BCUT2D eigenvalue weighted by Gasteiger charge is -2.18. The maximum absolute atomic E-state index is 11.6. The molecule has 1 atom stereocenters. The van der Waals surface area contributed by atoms with E-state index in [2.05, 4.69) is 6.58 Å². The normalized spacial score (nSPS) is 21.2. The Labute approximate surface area is 82.6 Å². The van der Waals surface area contributed by atoms with Gasteiger partial charge in [-0.05, 0) is 19.1 Å². The summed E-state index contributed by atoms with van der Waals surface area (Å²) in [5.74, 6) is 0.0463. The summed E-state index contributed by atoms with van der Waals surface area (Å²) < 4.78 is 5.22. The van der Waals surface area contributed by atoms with Crippen LogP contribution < -0.4 is 4.90 Å². The van der Waals surface area contributed by atoms with Crippen LogP contribution in [0.4, 0.5) is 5.69 Å². The molecule has 1 amide bonds. The van der Waals surface area contributed by atoms with Gasteiger partial charge in [-0.15, -0.1) is 0 Å². The van der Waals surface area contributed by atoms with Crippen molar-refractivity contribution in [1.82, 2.24) is 0 Å². The number of carbonyl (C=O) groups excluding carboxylic acids is 1. The van der Waals surface area contributed by atoms with Gasteiger partial charge in [0.25, 0.3) is 5.91 Å². The number of hydrogen-bond donors (Lipinski definition) is 0. The fourth-order valence-electron chi connectivity index (χ4n) is 1.52. The maximum atomic E-state index is 11.6. The second-order valence-electron chi connectivity index (χ2n) is 3.15. The smallest absolute Gasteiger partial charge is 0.295 e. The van der Waals surface area contributed by atoms with E-state index in [1.807, 2.05) is 37.3 Å². The molecule has 0 aromatic heterocycles. The number of benzene rings is 1. The minimum absolute atomic E-state index is 0.163. The minimum atomic E-state index is -0.266. The Morgan fingerprint density at radius 1 is 1.36 bits per heavy atom. The van der Waals surface area contributed by atoms with E-state index in [4.69, 9.17) is 4.74 Å². The van der Waals surface area contributed by atoms with Crippen molar-refractivity contribution in [2.24, 2.45) is 0 Å². The van der Waals surface area contributed by atoms with Crippen molar-refractivity contribution in [2.45, 2.75) is 13.2 Å². The van der Waals surface area contributed by atoms with Crippen LogP contribution in [0.3, 0.4) is 0 Å². The molecular formula is C11H11NO2. The fraction of sp³-hybridized carbons (Fsp3) is 0.182. The Morgan fingerprint density at radius 3 is 2.50 bits per heavy atom. The summed E-state index contributed by atoms with van der Waals surface area (Å²) in [5, 5.41) is 0. The number of carbonyl (C=O) groups is 1. The van der Waals surface area contributed by atoms with Gasteiger partial charge in [0.05, 0.1) is 0 Å². The van der Waals surface area contributed by atoms with E-state index in [1.165, 1.54) is 0 Å². The van der Waals surface area contributed by atoms with Crippen molar-refractivity contribution in [2.75, 3.05) is 4.90 Å². The minimum Gasteiger partial charge on any atom is -0.465 e. The Bertz CT molecular complexity index is 372. The fourth-order valence-corrected chi connectivity index (χ4v) is 1.52. The molecule has 1 fully saturated rings. The number of hydrogen-bond acceptors (Lipinski definition) is 2. The van der Waals surface area contributed by atoms with Crippen molar-refractivity contribution < 1.29 is 9.53 Å². The van der Waals surface area contributed by atoms with Gasteiger partial charge in [-0.1, -0.05) is 24.8 Å².